The van der Waals surface area contributed by atoms with Gasteiger partial charge in [-0.1, -0.05) is 29.8 Å². The highest BCUT2D eigenvalue weighted by Crippen LogP contribution is 2.40. The third-order valence-corrected chi connectivity index (χ3v) is 9.67. The maximum Gasteiger partial charge on any atom is 0.317 e. The Morgan fingerprint density at radius 1 is 0.950 bits per heavy atom. The van der Waals surface area contributed by atoms with Gasteiger partial charge >= 0.3 is 5.97 Å². The Balaban J connectivity index is 1.89. The molecule has 1 aliphatic heterocycles. The zero-order chi connectivity index (χ0) is 43.9. The summed E-state index contributed by atoms with van der Waals surface area (Å²) in [5, 5.41) is 31.7. The molecule has 4 atom stereocenters. The summed E-state index contributed by atoms with van der Waals surface area (Å²) in [6, 6.07) is 12.0. The van der Waals surface area contributed by atoms with Crippen LogP contribution in [0.25, 0.3) is 11.1 Å². The van der Waals surface area contributed by atoms with Crippen LogP contribution in [-0.4, -0.2) is 117 Å². The van der Waals surface area contributed by atoms with Crippen LogP contribution in [0.4, 0.5) is 0 Å². The molecule has 0 saturated carbocycles. The predicted octanol–water partition coefficient (Wildman–Crippen LogP) is 0.193. The molecule has 0 spiro atoms. The van der Waals surface area contributed by atoms with E-state index in [2.05, 4.69) is 26.6 Å². The summed E-state index contributed by atoms with van der Waals surface area (Å²) in [5.41, 5.74) is 15.3. The Morgan fingerprint density at radius 3 is 2.25 bits per heavy atom. The molecular formula is C42H53N9O9. The van der Waals surface area contributed by atoms with Crippen LogP contribution in [0.5, 0.6) is 11.5 Å². The van der Waals surface area contributed by atoms with E-state index in [0.29, 0.717) is 39.3 Å². The fraction of sp³-hybridized carbons (Fsp3) is 0.405. The number of hydrogen-bond donors (Lipinski definition) is 8. The first-order valence-electron chi connectivity index (χ1n) is 19.4. The van der Waals surface area contributed by atoms with Crippen LogP contribution in [0.1, 0.15) is 52.0 Å². The second-order valence-electron chi connectivity index (χ2n) is 14.3. The molecular weight excluding hydrogens is 775 g/mol. The molecule has 0 aliphatic carbocycles. The van der Waals surface area contributed by atoms with Gasteiger partial charge in [-0.05, 0) is 80.8 Å². The minimum absolute atomic E-state index is 0.0110. The van der Waals surface area contributed by atoms with Gasteiger partial charge < -0.3 is 57.5 Å². The van der Waals surface area contributed by atoms with Crippen molar-refractivity contribution in [1.29, 1.82) is 5.26 Å². The maximum absolute atomic E-state index is 14.6. The molecule has 0 radical (unpaired) electrons. The highest BCUT2D eigenvalue weighted by molar-refractivity contribution is 6.00. The number of rotatable bonds is 17. The number of aryl methyl sites for hydroxylation is 2. The molecule has 0 saturated heterocycles. The molecule has 18 heteroatoms. The van der Waals surface area contributed by atoms with Crippen LogP contribution in [0.3, 0.4) is 0 Å². The van der Waals surface area contributed by atoms with Crippen LogP contribution >= 0.6 is 0 Å². The lowest BCUT2D eigenvalue weighted by molar-refractivity contribution is -0.141. The molecule has 4 rings (SSSR count). The number of carbonyl (C=O) groups excluding carboxylic acids is 5. The third kappa shape index (κ3) is 12.2. The van der Waals surface area contributed by atoms with Gasteiger partial charge in [0.25, 0.3) is 5.91 Å². The van der Waals surface area contributed by atoms with Crippen molar-refractivity contribution in [3.63, 3.8) is 0 Å². The van der Waals surface area contributed by atoms with E-state index in [4.69, 9.17) is 26.2 Å². The van der Waals surface area contributed by atoms with E-state index in [1.165, 1.54) is 14.0 Å². The average Bonchev–Trinajstić information content (AvgIpc) is 3.21. The molecule has 1 aliphatic rings. The molecule has 5 amide bonds. The molecule has 320 valence electrons. The number of nitrogens with one attached hydrogen (secondary N) is 5. The first kappa shape index (κ1) is 46.1. The summed E-state index contributed by atoms with van der Waals surface area (Å²) in [7, 11) is 1.38. The highest BCUT2D eigenvalue weighted by atomic mass is 16.5. The molecule has 4 bridgehead atoms. The van der Waals surface area contributed by atoms with Crippen molar-refractivity contribution in [3.05, 3.63) is 82.4 Å². The summed E-state index contributed by atoms with van der Waals surface area (Å²) in [5.74, 6) is -3.77. The lowest BCUT2D eigenvalue weighted by Gasteiger charge is -2.33. The molecule has 10 N–H and O–H groups in total. The molecule has 0 aromatic heterocycles. The average molecular weight is 828 g/mol. The lowest BCUT2D eigenvalue weighted by atomic mass is 9.93. The van der Waals surface area contributed by atoms with Crippen LogP contribution in [-0.2, 0) is 30.4 Å². The van der Waals surface area contributed by atoms with Crippen molar-refractivity contribution in [2.75, 3.05) is 53.0 Å². The molecule has 60 heavy (non-hydrogen) atoms. The number of nitrogens with zero attached hydrogens (tertiary/aromatic N) is 2. The van der Waals surface area contributed by atoms with E-state index in [0.717, 1.165) is 10.5 Å². The summed E-state index contributed by atoms with van der Waals surface area (Å²) in [6.07, 6.45) is -0.0653. The Hall–Kier alpha value is -6.55. The number of nitriles is 1. The predicted molar refractivity (Wildman–Crippen MR) is 221 cm³/mol. The first-order chi connectivity index (χ1) is 28.7. The second-order valence-corrected chi connectivity index (χ2v) is 14.3. The number of likely N-dealkylation sites (N-methyl/N-ethyl adjacent to an activating group) is 1. The quantitative estimate of drug-likeness (QED) is 0.0668. The SMILES string of the molecule is Cc1ccc(C(=O)N[C@@H](CCNCC(=O)O)C(=O)N(C)[C@@H]2C(=O)N[C@@H](C)C(=O)N[C@H](C(=O)NCC#N)Cc3ccc(OCCN)c(c3)-c3cc2ccc3OCCN)c(C)c1. The van der Waals surface area contributed by atoms with Crippen LogP contribution < -0.4 is 47.5 Å². The van der Waals surface area contributed by atoms with Gasteiger partial charge in [0.1, 0.15) is 55.4 Å². The van der Waals surface area contributed by atoms with Crippen LogP contribution in [0.15, 0.2) is 54.6 Å². The summed E-state index contributed by atoms with van der Waals surface area (Å²) in [6.45, 7) is 4.98. The zero-order valence-corrected chi connectivity index (χ0v) is 34.1. The number of hydrogen-bond acceptors (Lipinski definition) is 12. The fourth-order valence-electron chi connectivity index (χ4n) is 6.71. The molecule has 0 fully saturated rings. The maximum atomic E-state index is 14.6. The van der Waals surface area contributed by atoms with E-state index in [1.807, 2.05) is 19.1 Å². The number of ether oxygens (including phenoxy) is 2. The van der Waals surface area contributed by atoms with Crippen molar-refractivity contribution >= 4 is 35.5 Å². The number of carboxylic acids is 1. The Morgan fingerprint density at radius 2 is 1.62 bits per heavy atom. The molecule has 3 aromatic rings. The Labute approximate surface area is 348 Å². The van der Waals surface area contributed by atoms with Gasteiger partial charge in [0, 0.05) is 43.2 Å². The molecule has 0 unspecified atom stereocenters. The standard InChI is InChI=1S/C42H53N9O9/c1-24-5-8-29(25(2)19-24)39(55)49-32(11-15-46-23-36(52)53)42(58)51(4)37-28-7-10-35(60-18-14-45)31(22-28)30-20-27(6-9-34(30)59-17-13-44)21-33(40(56)47-16-12-43)50-38(54)26(3)48-41(37)57/h5-10,19-20,22,26,32-33,37,46H,11,13-18,21,23,44-45H2,1-4H3,(H,47,56)(H,48,57)(H,49,55)(H,50,54)(H,52,53)/t26-,32-,33-,37-/m0/s1. The minimum Gasteiger partial charge on any atom is -0.492 e. The first-order valence-corrected chi connectivity index (χ1v) is 19.4. The van der Waals surface area contributed by atoms with Crippen LogP contribution in [0, 0.1) is 25.2 Å². The van der Waals surface area contributed by atoms with Gasteiger partial charge in [-0.2, -0.15) is 5.26 Å². The Bertz CT molecular complexity index is 2100. The summed E-state index contributed by atoms with van der Waals surface area (Å²) < 4.78 is 12.1. The topological polar surface area (TPSA) is 280 Å². The number of amides is 5. The number of benzene rings is 3. The van der Waals surface area contributed by atoms with Gasteiger partial charge in [-0.25, -0.2) is 0 Å². The summed E-state index contributed by atoms with van der Waals surface area (Å²) in [4.78, 5) is 82.2. The fourth-order valence-corrected chi connectivity index (χ4v) is 6.71. The van der Waals surface area contributed by atoms with Crippen molar-refractivity contribution in [2.24, 2.45) is 11.5 Å². The zero-order valence-electron chi connectivity index (χ0n) is 34.1. The normalized spacial score (nSPS) is 16.8. The van der Waals surface area contributed by atoms with Crippen LogP contribution in [0.2, 0.25) is 0 Å². The van der Waals surface area contributed by atoms with Crippen molar-refractivity contribution < 1.29 is 43.3 Å². The van der Waals surface area contributed by atoms with E-state index in [-0.39, 0.29) is 57.8 Å². The van der Waals surface area contributed by atoms with Crippen molar-refractivity contribution in [2.45, 2.75) is 57.8 Å². The lowest BCUT2D eigenvalue weighted by Crippen LogP contribution is -2.56. The van der Waals surface area contributed by atoms with E-state index in [9.17, 15) is 33.9 Å². The van der Waals surface area contributed by atoms with Crippen molar-refractivity contribution in [3.8, 4) is 28.7 Å². The third-order valence-electron chi connectivity index (χ3n) is 9.67. The number of carbonyl (C=O) groups is 6. The Kier molecular flexibility index (Phi) is 16.9. The van der Waals surface area contributed by atoms with Gasteiger partial charge in [0.05, 0.1) is 12.6 Å². The minimum atomic E-state index is -1.43. The smallest absolute Gasteiger partial charge is 0.317 e. The van der Waals surface area contributed by atoms with E-state index in [1.54, 1.807) is 55.5 Å². The van der Waals surface area contributed by atoms with E-state index >= 15 is 0 Å². The van der Waals surface area contributed by atoms with Gasteiger partial charge in [0.15, 0.2) is 0 Å². The number of fused-ring (bicyclic) bond motifs is 5. The van der Waals surface area contributed by atoms with Gasteiger partial charge in [-0.15, -0.1) is 0 Å². The van der Waals surface area contributed by atoms with Gasteiger partial charge in [0.2, 0.25) is 23.6 Å². The largest absolute Gasteiger partial charge is 0.492 e. The number of nitrogens with two attached hydrogens (primary N) is 2. The van der Waals surface area contributed by atoms with Crippen molar-refractivity contribution in [1.82, 2.24) is 31.5 Å². The molecule has 3 aromatic carbocycles. The highest BCUT2D eigenvalue weighted by Gasteiger charge is 2.36. The molecule has 18 nitrogen and oxygen atoms in total. The van der Waals surface area contributed by atoms with E-state index < -0.39 is 66.2 Å². The monoisotopic (exact) mass is 827 g/mol. The number of aliphatic carboxylic acids is 1. The van der Waals surface area contributed by atoms with Gasteiger partial charge in [-0.3, -0.25) is 28.8 Å². The summed E-state index contributed by atoms with van der Waals surface area (Å²) >= 11 is 0. The molecule has 1 heterocycles. The second kappa shape index (κ2) is 22.0. The number of carboxylic acid groups (broad SMARTS) is 1.